The van der Waals surface area contributed by atoms with Crippen molar-refractivity contribution in [2.45, 2.75) is 17.8 Å². The van der Waals surface area contributed by atoms with E-state index in [1.807, 2.05) is 30.1 Å². The molecule has 0 bridgehead atoms. The topological polar surface area (TPSA) is 49.7 Å². The van der Waals surface area contributed by atoms with Crippen LogP contribution in [0.3, 0.4) is 0 Å². The number of thioether (sulfide) groups is 1. The van der Waals surface area contributed by atoms with E-state index in [1.54, 1.807) is 11.8 Å². The van der Waals surface area contributed by atoms with Crippen LogP contribution in [0.15, 0.2) is 35.3 Å². The van der Waals surface area contributed by atoms with Crippen LogP contribution in [0.2, 0.25) is 0 Å². The molecule has 2 heterocycles. The van der Waals surface area contributed by atoms with Gasteiger partial charge in [-0.05, 0) is 5.56 Å². The van der Waals surface area contributed by atoms with Crippen LogP contribution in [-0.2, 0) is 15.6 Å². The Morgan fingerprint density at radius 3 is 2.74 bits per heavy atom. The van der Waals surface area contributed by atoms with Crippen LogP contribution in [-0.4, -0.2) is 49.1 Å². The number of rotatable bonds is 2. The van der Waals surface area contributed by atoms with E-state index in [-0.39, 0.29) is 23.6 Å². The average Bonchev–Trinajstić information content (AvgIpc) is 2.83. The number of sulfone groups is 1. The highest BCUT2D eigenvalue weighted by Crippen LogP contribution is 2.30. The molecule has 0 amide bonds. The summed E-state index contributed by atoms with van der Waals surface area (Å²) in [6, 6.07) is 10.2. The molecule has 1 fully saturated rings. The summed E-state index contributed by atoms with van der Waals surface area (Å²) < 4.78 is 23.1. The van der Waals surface area contributed by atoms with E-state index < -0.39 is 9.84 Å². The fraction of sp³-hybridized carbons (Fsp3) is 0.462. The van der Waals surface area contributed by atoms with Gasteiger partial charge in [0.1, 0.15) is 0 Å². The number of hydrogen-bond donors (Lipinski definition) is 0. The van der Waals surface area contributed by atoms with Gasteiger partial charge in [-0.1, -0.05) is 42.1 Å². The molecule has 0 aromatic heterocycles. The van der Waals surface area contributed by atoms with Crippen molar-refractivity contribution in [1.29, 1.82) is 0 Å². The number of fused-ring (bicyclic) bond motifs is 1. The van der Waals surface area contributed by atoms with Crippen LogP contribution in [0.4, 0.5) is 0 Å². The van der Waals surface area contributed by atoms with Gasteiger partial charge in [0.05, 0.1) is 23.6 Å². The summed E-state index contributed by atoms with van der Waals surface area (Å²) in [4.78, 5) is 6.60. The first-order valence-corrected chi connectivity index (χ1v) is 9.04. The molecule has 3 rings (SSSR count). The van der Waals surface area contributed by atoms with Crippen LogP contribution < -0.4 is 0 Å². The third kappa shape index (κ3) is 2.65. The molecule has 1 aromatic rings. The lowest BCUT2D eigenvalue weighted by atomic mass is 10.2. The minimum atomic E-state index is -2.89. The highest BCUT2D eigenvalue weighted by molar-refractivity contribution is 8.13. The molecule has 19 heavy (non-hydrogen) atoms. The summed E-state index contributed by atoms with van der Waals surface area (Å²) in [6.45, 7) is 0. The molecule has 1 saturated heterocycles. The van der Waals surface area contributed by atoms with E-state index in [4.69, 9.17) is 0 Å². The monoisotopic (exact) mass is 296 g/mol. The first-order chi connectivity index (χ1) is 9.05. The number of nitrogens with zero attached hydrogens (tertiary/aromatic N) is 2. The molecule has 102 valence electrons. The van der Waals surface area contributed by atoms with Crippen molar-refractivity contribution in [2.24, 2.45) is 4.99 Å². The molecular weight excluding hydrogens is 280 g/mol. The number of hydrogen-bond acceptors (Lipinski definition) is 5. The van der Waals surface area contributed by atoms with Crippen molar-refractivity contribution < 1.29 is 8.42 Å². The standard InChI is InChI=1S/C13H16N2O2S2/c1-15-12-9-19(16,17)8-11(12)14-13(15)18-7-10-5-3-2-4-6-10/h2-6,11-12H,7-9H2,1H3/t11-,12-/m0/s1. The van der Waals surface area contributed by atoms with Gasteiger partial charge in [0.15, 0.2) is 15.0 Å². The van der Waals surface area contributed by atoms with E-state index in [9.17, 15) is 8.42 Å². The van der Waals surface area contributed by atoms with Gasteiger partial charge in [0.25, 0.3) is 0 Å². The zero-order valence-corrected chi connectivity index (χ0v) is 12.3. The Hall–Kier alpha value is -1.01. The molecular formula is C13H16N2O2S2. The number of benzene rings is 1. The largest absolute Gasteiger partial charge is 0.348 e. The molecule has 0 N–H and O–H groups in total. The number of amidine groups is 1. The van der Waals surface area contributed by atoms with Crippen molar-refractivity contribution in [2.75, 3.05) is 18.6 Å². The Balaban J connectivity index is 1.67. The van der Waals surface area contributed by atoms with Gasteiger partial charge in [-0.15, -0.1) is 0 Å². The maximum atomic E-state index is 11.6. The smallest absolute Gasteiger partial charge is 0.159 e. The Morgan fingerprint density at radius 1 is 1.32 bits per heavy atom. The summed E-state index contributed by atoms with van der Waals surface area (Å²) >= 11 is 1.68. The summed E-state index contributed by atoms with van der Waals surface area (Å²) in [7, 11) is -0.940. The minimum Gasteiger partial charge on any atom is -0.348 e. The van der Waals surface area contributed by atoms with Crippen molar-refractivity contribution in [3.8, 4) is 0 Å². The van der Waals surface area contributed by atoms with Crippen LogP contribution in [0.5, 0.6) is 0 Å². The van der Waals surface area contributed by atoms with Crippen molar-refractivity contribution >= 4 is 26.8 Å². The van der Waals surface area contributed by atoms with E-state index in [2.05, 4.69) is 17.1 Å². The van der Waals surface area contributed by atoms with Gasteiger partial charge < -0.3 is 4.90 Å². The fourth-order valence-corrected chi connectivity index (χ4v) is 5.50. The third-order valence-electron chi connectivity index (χ3n) is 3.58. The second-order valence-corrected chi connectivity index (χ2v) is 8.10. The molecule has 0 unspecified atom stereocenters. The average molecular weight is 296 g/mol. The van der Waals surface area contributed by atoms with Crippen molar-refractivity contribution in [1.82, 2.24) is 4.90 Å². The van der Waals surface area contributed by atoms with Crippen LogP contribution in [0.25, 0.3) is 0 Å². The van der Waals surface area contributed by atoms with Gasteiger partial charge in [-0.3, -0.25) is 4.99 Å². The quantitative estimate of drug-likeness (QED) is 0.827. The van der Waals surface area contributed by atoms with Gasteiger partial charge in [0.2, 0.25) is 0 Å². The summed E-state index contributed by atoms with van der Waals surface area (Å²) in [5.41, 5.74) is 1.26. The normalized spacial score (nSPS) is 28.3. The molecule has 1 aromatic carbocycles. The van der Waals surface area contributed by atoms with Crippen molar-refractivity contribution in [3.05, 3.63) is 35.9 Å². The summed E-state index contributed by atoms with van der Waals surface area (Å²) in [6.07, 6.45) is 0. The Kier molecular flexibility index (Phi) is 3.30. The second-order valence-electron chi connectivity index (χ2n) is 5.01. The summed E-state index contributed by atoms with van der Waals surface area (Å²) in [5, 5.41) is 0.966. The van der Waals surface area contributed by atoms with Crippen LogP contribution >= 0.6 is 11.8 Å². The molecule has 0 spiro atoms. The van der Waals surface area contributed by atoms with Crippen molar-refractivity contribution in [3.63, 3.8) is 0 Å². The third-order valence-corrected chi connectivity index (χ3v) is 6.41. The SMILES string of the molecule is CN1C(SCc2ccccc2)=N[C@H]2CS(=O)(=O)C[C@@H]21. The predicted molar refractivity (Wildman–Crippen MR) is 79.2 cm³/mol. The molecule has 0 radical (unpaired) electrons. The molecule has 2 aliphatic rings. The van der Waals surface area contributed by atoms with E-state index in [0.717, 1.165) is 10.9 Å². The first kappa shape index (κ1) is 13.0. The predicted octanol–water partition coefficient (Wildman–Crippen LogP) is 1.39. The highest BCUT2D eigenvalue weighted by atomic mass is 32.2. The minimum absolute atomic E-state index is 0.0447. The molecule has 4 nitrogen and oxygen atoms in total. The lowest BCUT2D eigenvalue weighted by molar-refractivity contribution is 0.410. The van der Waals surface area contributed by atoms with Gasteiger partial charge >= 0.3 is 0 Å². The Morgan fingerprint density at radius 2 is 2.05 bits per heavy atom. The lowest BCUT2D eigenvalue weighted by Crippen LogP contribution is -2.35. The molecule has 0 saturated carbocycles. The fourth-order valence-electron chi connectivity index (χ4n) is 2.54. The molecule has 2 atom stereocenters. The Bertz CT molecular complexity index is 598. The van der Waals surface area contributed by atoms with Gasteiger partial charge in [0, 0.05) is 12.8 Å². The van der Waals surface area contributed by atoms with Gasteiger partial charge in [-0.25, -0.2) is 8.42 Å². The molecule has 6 heteroatoms. The lowest BCUT2D eigenvalue weighted by Gasteiger charge is -2.20. The Labute approximate surface area is 117 Å². The first-order valence-electron chi connectivity index (χ1n) is 6.23. The maximum Gasteiger partial charge on any atom is 0.159 e. The molecule has 2 aliphatic heterocycles. The number of aliphatic imine (C=N–C) groups is 1. The van der Waals surface area contributed by atoms with E-state index >= 15 is 0 Å². The van der Waals surface area contributed by atoms with E-state index in [1.165, 1.54) is 5.56 Å². The second kappa shape index (κ2) is 4.83. The highest BCUT2D eigenvalue weighted by Gasteiger charge is 2.44. The zero-order chi connectivity index (χ0) is 13.5. The van der Waals surface area contributed by atoms with Gasteiger partial charge in [-0.2, -0.15) is 0 Å². The maximum absolute atomic E-state index is 11.6. The summed E-state index contributed by atoms with van der Waals surface area (Å²) in [5.74, 6) is 1.32. The van der Waals surface area contributed by atoms with Crippen LogP contribution in [0.1, 0.15) is 5.56 Å². The van der Waals surface area contributed by atoms with Crippen LogP contribution in [0, 0.1) is 0 Å². The zero-order valence-electron chi connectivity index (χ0n) is 10.7. The number of likely N-dealkylation sites (N-methyl/N-ethyl adjacent to an activating group) is 1. The van der Waals surface area contributed by atoms with E-state index in [0.29, 0.717) is 0 Å². The molecule has 0 aliphatic carbocycles.